The molecule has 1 heterocycles. The fourth-order valence-corrected chi connectivity index (χ4v) is 4.68. The molecule has 4 aromatic rings. The molecule has 2 fully saturated rings. The van der Waals surface area contributed by atoms with Gasteiger partial charge in [0.2, 0.25) is 5.82 Å². The lowest BCUT2D eigenvalue weighted by Crippen LogP contribution is -2.10. The Balaban J connectivity index is 1.10. The number of aromatic nitrogens is 2. The van der Waals surface area contributed by atoms with E-state index in [0.29, 0.717) is 17.1 Å². The van der Waals surface area contributed by atoms with Crippen LogP contribution >= 0.6 is 11.9 Å². The highest BCUT2D eigenvalue weighted by Gasteiger charge is 2.44. The number of hydrogen-bond donors (Lipinski definition) is 2. The molecule has 0 saturated heterocycles. The standard InChI is InChI=1S/C28H26N4OS/c1-28(16-17-28)25(19-10-11-19)29-22-8-5-9-23(18-22)32-34-24-14-12-20(13-15-24)26-30-27(33-31-26)21-6-3-2-4-7-21/h2-9,12-15,18,29,32H,10-11,16-17H2,1H3. The van der Waals surface area contributed by atoms with Crippen molar-refractivity contribution in [1.29, 1.82) is 0 Å². The van der Waals surface area contributed by atoms with Gasteiger partial charge in [-0.3, -0.25) is 0 Å². The quantitative estimate of drug-likeness (QED) is 0.259. The zero-order valence-corrected chi connectivity index (χ0v) is 19.9. The van der Waals surface area contributed by atoms with Crippen molar-refractivity contribution in [2.24, 2.45) is 5.41 Å². The van der Waals surface area contributed by atoms with E-state index < -0.39 is 0 Å². The Morgan fingerprint density at radius 3 is 2.38 bits per heavy atom. The van der Waals surface area contributed by atoms with Crippen molar-refractivity contribution < 1.29 is 4.52 Å². The Morgan fingerprint density at radius 1 is 0.882 bits per heavy atom. The van der Waals surface area contributed by atoms with Crippen molar-refractivity contribution in [3.63, 3.8) is 0 Å². The Hall–Kier alpha value is -3.51. The summed E-state index contributed by atoms with van der Waals surface area (Å²) in [5, 5.41) is 7.87. The Kier molecular flexibility index (Phi) is 5.38. The summed E-state index contributed by atoms with van der Waals surface area (Å²) in [5.74, 6) is 1.12. The number of rotatable bonds is 8. The minimum atomic E-state index is 0.367. The number of anilines is 2. The molecule has 2 saturated carbocycles. The molecule has 6 rings (SSSR count). The lowest BCUT2D eigenvalue weighted by molar-refractivity contribution is 0.432. The molecule has 2 aliphatic rings. The first kappa shape index (κ1) is 21.1. The zero-order chi connectivity index (χ0) is 23.0. The highest BCUT2D eigenvalue weighted by molar-refractivity contribution is 8.00. The van der Waals surface area contributed by atoms with Crippen LogP contribution in [0.4, 0.5) is 11.4 Å². The third kappa shape index (κ3) is 4.59. The van der Waals surface area contributed by atoms with Crippen LogP contribution in [0.5, 0.6) is 0 Å². The summed E-state index contributed by atoms with van der Waals surface area (Å²) in [6, 6.07) is 26.5. The van der Waals surface area contributed by atoms with Gasteiger partial charge in [0.05, 0.1) is 0 Å². The molecular weight excluding hydrogens is 440 g/mol. The molecule has 2 aliphatic carbocycles. The van der Waals surface area contributed by atoms with Gasteiger partial charge >= 0.3 is 0 Å². The average molecular weight is 467 g/mol. The predicted molar refractivity (Wildman–Crippen MR) is 138 cm³/mol. The van der Waals surface area contributed by atoms with E-state index in [-0.39, 0.29) is 0 Å². The third-order valence-electron chi connectivity index (χ3n) is 6.44. The van der Waals surface area contributed by atoms with Crippen molar-refractivity contribution in [3.8, 4) is 22.8 Å². The summed E-state index contributed by atoms with van der Waals surface area (Å²) >= 11 is 1.59. The topological polar surface area (TPSA) is 63.0 Å². The third-order valence-corrected chi connectivity index (χ3v) is 7.28. The average Bonchev–Trinajstić information content (AvgIpc) is 3.81. The molecule has 0 aliphatic heterocycles. The van der Waals surface area contributed by atoms with Gasteiger partial charge in [-0.15, -0.1) is 0 Å². The van der Waals surface area contributed by atoms with Gasteiger partial charge in [-0.2, -0.15) is 4.98 Å². The van der Waals surface area contributed by atoms with Gasteiger partial charge < -0.3 is 14.6 Å². The maximum absolute atomic E-state index is 5.43. The smallest absolute Gasteiger partial charge is 0.258 e. The number of nitrogens with one attached hydrogen (secondary N) is 2. The summed E-state index contributed by atoms with van der Waals surface area (Å²) < 4.78 is 8.90. The second-order valence-electron chi connectivity index (χ2n) is 9.26. The summed E-state index contributed by atoms with van der Waals surface area (Å²) in [5.41, 5.74) is 7.50. The predicted octanol–water partition coefficient (Wildman–Crippen LogP) is 7.78. The summed E-state index contributed by atoms with van der Waals surface area (Å²) in [6.07, 6.45) is 5.08. The summed E-state index contributed by atoms with van der Waals surface area (Å²) in [6.45, 7) is 2.37. The molecule has 34 heavy (non-hydrogen) atoms. The van der Waals surface area contributed by atoms with Crippen molar-refractivity contribution >= 4 is 23.3 Å². The van der Waals surface area contributed by atoms with Crippen LogP contribution < -0.4 is 10.0 Å². The highest BCUT2D eigenvalue weighted by atomic mass is 32.2. The van der Waals surface area contributed by atoms with Gasteiger partial charge in [-0.25, -0.2) is 0 Å². The number of benzene rings is 3. The zero-order valence-electron chi connectivity index (χ0n) is 19.0. The monoisotopic (exact) mass is 466 g/mol. The minimum Gasteiger partial charge on any atom is -0.358 e. The maximum Gasteiger partial charge on any atom is 0.258 e. The number of nitrogens with zero attached hydrogens (tertiary/aromatic N) is 2. The van der Waals surface area contributed by atoms with Gasteiger partial charge in [0.15, 0.2) is 0 Å². The highest BCUT2D eigenvalue weighted by Crippen LogP contribution is 2.55. The molecule has 0 radical (unpaired) electrons. The van der Waals surface area contributed by atoms with E-state index in [0.717, 1.165) is 27.4 Å². The normalized spacial score (nSPS) is 15.6. The molecule has 3 aromatic carbocycles. The van der Waals surface area contributed by atoms with Crippen LogP contribution in [0.1, 0.15) is 32.6 Å². The van der Waals surface area contributed by atoms with Crippen LogP contribution in [0.25, 0.3) is 22.8 Å². The van der Waals surface area contributed by atoms with Crippen LogP contribution in [-0.2, 0) is 0 Å². The largest absolute Gasteiger partial charge is 0.358 e. The van der Waals surface area contributed by atoms with Crippen LogP contribution in [0.15, 0.2) is 99.6 Å². The van der Waals surface area contributed by atoms with Gasteiger partial charge in [0.25, 0.3) is 5.89 Å². The number of allylic oxidation sites excluding steroid dienone is 2. The SMILES string of the molecule is CC1(C(Nc2cccc(NSc3ccc(-c4noc(-c5ccccc5)n4)cc3)c2)=C2CC2)CC1. The number of hydrogen-bond acceptors (Lipinski definition) is 6. The first-order chi connectivity index (χ1) is 16.7. The van der Waals surface area contributed by atoms with Crippen LogP contribution in [-0.4, -0.2) is 10.1 Å². The van der Waals surface area contributed by atoms with Gasteiger partial charge in [-0.05, 0) is 97.8 Å². The molecule has 2 N–H and O–H groups in total. The lowest BCUT2D eigenvalue weighted by atomic mass is 10.0. The first-order valence-electron chi connectivity index (χ1n) is 11.7. The molecular formula is C28H26N4OS. The Morgan fingerprint density at radius 2 is 1.65 bits per heavy atom. The molecule has 0 spiro atoms. The van der Waals surface area contributed by atoms with Crippen LogP contribution in [0.3, 0.4) is 0 Å². The molecule has 170 valence electrons. The van der Waals surface area contributed by atoms with Gasteiger partial charge in [-0.1, -0.05) is 36.3 Å². The maximum atomic E-state index is 5.43. The molecule has 0 bridgehead atoms. The Bertz CT molecular complexity index is 1330. The van der Waals surface area contributed by atoms with Gasteiger partial charge in [0.1, 0.15) is 0 Å². The second kappa shape index (κ2) is 8.69. The molecule has 1 aromatic heterocycles. The van der Waals surface area contributed by atoms with E-state index in [1.54, 1.807) is 17.5 Å². The van der Waals surface area contributed by atoms with Crippen molar-refractivity contribution in [1.82, 2.24) is 10.1 Å². The fraction of sp³-hybridized carbons (Fsp3) is 0.214. The molecule has 6 heteroatoms. The van der Waals surface area contributed by atoms with E-state index in [1.165, 1.54) is 31.4 Å². The molecule has 0 unspecified atom stereocenters. The lowest BCUT2D eigenvalue weighted by Gasteiger charge is -2.18. The second-order valence-corrected chi connectivity index (χ2v) is 10.1. The summed E-state index contributed by atoms with van der Waals surface area (Å²) in [4.78, 5) is 5.65. The van der Waals surface area contributed by atoms with E-state index >= 15 is 0 Å². The van der Waals surface area contributed by atoms with E-state index in [2.05, 4.69) is 63.5 Å². The molecule has 0 atom stereocenters. The molecule has 0 amide bonds. The van der Waals surface area contributed by atoms with Crippen molar-refractivity contribution in [3.05, 3.63) is 90.1 Å². The van der Waals surface area contributed by atoms with E-state index in [1.807, 2.05) is 42.5 Å². The van der Waals surface area contributed by atoms with Crippen LogP contribution in [0, 0.1) is 5.41 Å². The molecule has 5 nitrogen and oxygen atoms in total. The van der Waals surface area contributed by atoms with Crippen molar-refractivity contribution in [2.45, 2.75) is 37.5 Å². The van der Waals surface area contributed by atoms with E-state index in [9.17, 15) is 0 Å². The fourth-order valence-electron chi connectivity index (χ4n) is 4.05. The minimum absolute atomic E-state index is 0.367. The summed E-state index contributed by atoms with van der Waals surface area (Å²) in [7, 11) is 0. The van der Waals surface area contributed by atoms with Crippen LogP contribution in [0.2, 0.25) is 0 Å². The first-order valence-corrected chi connectivity index (χ1v) is 12.5. The van der Waals surface area contributed by atoms with Gasteiger partial charge in [0, 0.05) is 38.5 Å². The van der Waals surface area contributed by atoms with E-state index in [4.69, 9.17) is 4.52 Å². The Labute approximate surface area is 203 Å². The van der Waals surface area contributed by atoms with Crippen molar-refractivity contribution in [2.75, 3.05) is 10.0 Å².